The van der Waals surface area contributed by atoms with E-state index >= 15 is 0 Å². The molecule has 4 aliphatic rings. The first-order valence-electron chi connectivity index (χ1n) is 19.8. The molecule has 1 unspecified atom stereocenters. The van der Waals surface area contributed by atoms with Gasteiger partial charge in [0.2, 0.25) is 0 Å². The van der Waals surface area contributed by atoms with Crippen LogP contribution in [0.1, 0.15) is 141 Å². The van der Waals surface area contributed by atoms with E-state index in [0.29, 0.717) is 11.3 Å². The Morgan fingerprint density at radius 2 is 1.09 bits per heavy atom. The van der Waals surface area contributed by atoms with Gasteiger partial charge in [-0.2, -0.15) is 89.0 Å². The average molecular weight is 877 g/mol. The Morgan fingerprint density at radius 1 is 0.632 bits per heavy atom. The summed E-state index contributed by atoms with van der Waals surface area (Å²) in [7, 11) is 0. The van der Waals surface area contributed by atoms with Crippen molar-refractivity contribution in [2.45, 2.75) is 125 Å². The molecule has 0 saturated carbocycles. The van der Waals surface area contributed by atoms with Crippen molar-refractivity contribution in [1.29, 1.82) is 0 Å². The summed E-state index contributed by atoms with van der Waals surface area (Å²) < 4.78 is 3.34. The first kappa shape index (κ1) is 50.3. The van der Waals surface area contributed by atoms with Crippen molar-refractivity contribution in [3.8, 4) is 11.1 Å². The van der Waals surface area contributed by atoms with Gasteiger partial charge >= 0.3 is 28.4 Å². The van der Waals surface area contributed by atoms with E-state index < -0.39 is 0 Å². The summed E-state index contributed by atoms with van der Waals surface area (Å²) in [4.78, 5) is 0. The third-order valence-electron chi connectivity index (χ3n) is 10.8. The van der Waals surface area contributed by atoms with E-state index in [2.05, 4.69) is 204 Å². The molecule has 57 heavy (non-hydrogen) atoms. The number of allylic oxidation sites excluding steroid dienone is 6. The van der Waals surface area contributed by atoms with Crippen molar-refractivity contribution in [2.24, 2.45) is 11.3 Å². The molecule has 1 atom stereocenters. The van der Waals surface area contributed by atoms with Gasteiger partial charge in [-0.15, -0.1) is 36.4 Å². The number of rotatable bonds is 0. The van der Waals surface area contributed by atoms with Gasteiger partial charge < -0.3 is 0 Å². The quantitative estimate of drug-likeness (QED) is 0.136. The Balaban J connectivity index is 0.000000280. The minimum absolute atomic E-state index is 0. The van der Waals surface area contributed by atoms with Crippen molar-refractivity contribution in [3.05, 3.63) is 165 Å². The maximum atomic E-state index is 3.50. The standard InChI is InChI=1S/C23H21.C10H15.2C10H13.CH2.2ClH.Zr/c1-22(2)7-5-14-10-18-16(12-20(14)22)9-17-13-21-15(11-19(17)18)6-8-23(21,3)4;1-8-5-6-9(7-8)10(2,3)4;2*1-10(2,3)9-7-5-4-6-8-9;;;;/h5-7,10-13H,9H2,1-4H3;6-8H,1-4H3;2*5-8H,1-3H3;1H2;2*1H;/q4*-1;;;;. The van der Waals surface area contributed by atoms with E-state index in [1.165, 1.54) is 85.4 Å². The molecule has 0 fully saturated rings. The fourth-order valence-corrected chi connectivity index (χ4v) is 7.23. The predicted octanol–water partition coefficient (Wildman–Crippen LogP) is 15.0. The Kier molecular flexibility index (Phi) is 17.6. The van der Waals surface area contributed by atoms with Gasteiger partial charge in [0.05, 0.1) is 0 Å². The fourth-order valence-electron chi connectivity index (χ4n) is 7.23. The molecule has 8 rings (SSSR count). The summed E-state index contributed by atoms with van der Waals surface area (Å²) in [5.41, 5.74) is 16.7. The molecule has 0 aliphatic heterocycles. The summed E-state index contributed by atoms with van der Waals surface area (Å²) in [6.07, 6.45) is 19.0. The number of benzene rings is 4. The van der Waals surface area contributed by atoms with Crippen LogP contribution in [0.5, 0.6) is 0 Å². The molecular weight excluding hydrogens is 811 g/mol. The first-order chi connectivity index (χ1) is 25.6. The van der Waals surface area contributed by atoms with Gasteiger partial charge in [0.25, 0.3) is 0 Å². The summed E-state index contributed by atoms with van der Waals surface area (Å²) in [5.74, 6) is 0.522. The monoisotopic (exact) mass is 874 g/mol. The van der Waals surface area contributed by atoms with Crippen molar-refractivity contribution < 1.29 is 24.2 Å². The van der Waals surface area contributed by atoms with E-state index in [9.17, 15) is 0 Å². The molecular formula is C54H66Cl2Zr-4. The molecule has 0 aromatic heterocycles. The van der Waals surface area contributed by atoms with Crippen LogP contribution < -0.4 is 0 Å². The molecule has 304 valence electrons. The van der Waals surface area contributed by atoms with E-state index in [4.69, 9.17) is 0 Å². The first-order valence-corrected chi connectivity index (χ1v) is 21.6. The van der Waals surface area contributed by atoms with Crippen LogP contribution in [0.2, 0.25) is 0 Å². The number of fused-ring (bicyclic) bond motifs is 5. The second-order valence-electron chi connectivity index (χ2n) is 19.4. The molecule has 4 aliphatic carbocycles. The van der Waals surface area contributed by atoms with Gasteiger partial charge in [0, 0.05) is 5.41 Å². The van der Waals surface area contributed by atoms with Crippen LogP contribution >= 0.6 is 24.8 Å². The Labute approximate surface area is 375 Å². The molecule has 4 aromatic carbocycles. The van der Waals surface area contributed by atoms with E-state index in [-0.39, 0.29) is 46.5 Å². The van der Waals surface area contributed by atoms with Crippen LogP contribution in [0, 0.1) is 35.6 Å². The molecule has 0 radical (unpaired) electrons. The van der Waals surface area contributed by atoms with E-state index in [0.717, 1.165) is 6.42 Å². The van der Waals surface area contributed by atoms with Crippen molar-refractivity contribution >= 4 is 41.2 Å². The Bertz CT molecular complexity index is 1930. The second kappa shape index (κ2) is 20.0. The normalized spacial score (nSPS) is 16.7. The third-order valence-corrected chi connectivity index (χ3v) is 10.8. The number of halogens is 2. The zero-order valence-electron chi connectivity index (χ0n) is 37.1. The topological polar surface area (TPSA) is 0 Å². The van der Waals surface area contributed by atoms with Crippen LogP contribution in [0.4, 0.5) is 0 Å². The number of hydrogen-bond donors (Lipinski definition) is 0. The van der Waals surface area contributed by atoms with Crippen LogP contribution in [0.15, 0.2) is 96.6 Å². The summed E-state index contributed by atoms with van der Waals surface area (Å²) in [5, 5.41) is 0. The molecule has 0 heterocycles. The summed E-state index contributed by atoms with van der Waals surface area (Å²) >= 11 is 1.30. The minimum atomic E-state index is 0. The average Bonchev–Trinajstić information content (AvgIpc) is 3.88. The summed E-state index contributed by atoms with van der Waals surface area (Å²) in [6.45, 7) is 31.2. The van der Waals surface area contributed by atoms with Gasteiger partial charge in [0.15, 0.2) is 0 Å². The summed E-state index contributed by atoms with van der Waals surface area (Å²) in [6, 6.07) is 31.9. The van der Waals surface area contributed by atoms with E-state index in [1.807, 2.05) is 24.3 Å². The molecule has 0 nitrogen and oxygen atoms in total. The Hall–Kier alpha value is -2.83. The van der Waals surface area contributed by atoms with Gasteiger partial charge in [-0.1, -0.05) is 138 Å². The van der Waals surface area contributed by atoms with Crippen molar-refractivity contribution in [1.82, 2.24) is 0 Å². The molecule has 0 bridgehead atoms. The van der Waals surface area contributed by atoms with Gasteiger partial charge in [-0.3, -0.25) is 12.2 Å². The van der Waals surface area contributed by atoms with Gasteiger partial charge in [-0.25, -0.2) is 12.2 Å². The van der Waals surface area contributed by atoms with Gasteiger partial charge in [0.1, 0.15) is 0 Å². The predicted molar refractivity (Wildman–Crippen MR) is 252 cm³/mol. The third kappa shape index (κ3) is 12.8. The van der Waals surface area contributed by atoms with E-state index in [1.54, 1.807) is 0 Å². The van der Waals surface area contributed by atoms with Crippen LogP contribution in [0.25, 0.3) is 23.3 Å². The molecule has 0 amide bonds. The molecule has 0 N–H and O–H groups in total. The van der Waals surface area contributed by atoms with Crippen LogP contribution in [-0.4, -0.2) is 4.21 Å². The molecule has 4 aromatic rings. The molecule has 0 saturated heterocycles. The molecule has 3 heteroatoms. The fraction of sp³-hybridized carbons (Fsp3) is 0.389. The number of hydrogen-bond acceptors (Lipinski definition) is 0. The molecule has 0 spiro atoms. The van der Waals surface area contributed by atoms with Crippen molar-refractivity contribution in [2.75, 3.05) is 0 Å². The SMILES string of the molecule is CC(C)(C)c1cc[c-]cc1.CC(C)(C)c1cc[c-]cc1.CC1(C)[C-]=Cc2cc3c(cc21)Cc1cc2c(cc1-3)C=CC2(C)C.CC1[C-]=CC(C(C)(C)C)=C1.Cl.Cl.[CH2]=[Zr]. The maximum absolute atomic E-state index is 3.50. The van der Waals surface area contributed by atoms with Crippen LogP contribution in [0.3, 0.4) is 0 Å². The second-order valence-corrected chi connectivity index (χ2v) is 19.4. The zero-order valence-corrected chi connectivity index (χ0v) is 41.2. The van der Waals surface area contributed by atoms with Crippen LogP contribution in [-0.2, 0) is 52.3 Å². The van der Waals surface area contributed by atoms with Crippen molar-refractivity contribution in [3.63, 3.8) is 0 Å². The Morgan fingerprint density at radius 3 is 1.47 bits per heavy atom. The zero-order chi connectivity index (χ0) is 41.0. The van der Waals surface area contributed by atoms with Gasteiger partial charge in [-0.05, 0) is 56.7 Å².